The third-order valence-electron chi connectivity index (χ3n) is 6.32. The van der Waals surface area contributed by atoms with Crippen LogP contribution in [0.4, 0.5) is 9.18 Å². The van der Waals surface area contributed by atoms with Crippen molar-refractivity contribution in [3.8, 4) is 0 Å². The van der Waals surface area contributed by atoms with E-state index in [1.807, 2.05) is 37.3 Å². The highest BCUT2D eigenvalue weighted by molar-refractivity contribution is 5.94. The summed E-state index contributed by atoms with van der Waals surface area (Å²) in [4.78, 5) is 26.9. The first-order valence-corrected chi connectivity index (χ1v) is 10.8. The highest BCUT2D eigenvalue weighted by Crippen LogP contribution is 2.38. The van der Waals surface area contributed by atoms with Gasteiger partial charge in [0.25, 0.3) is 0 Å². The Bertz CT molecular complexity index is 856. The number of cyclic esters (lactones) is 1. The van der Waals surface area contributed by atoms with Crippen molar-refractivity contribution in [3.63, 3.8) is 0 Å². The minimum atomic E-state index is -0.629. The monoisotopic (exact) mass is 427 g/mol. The third kappa shape index (κ3) is 5.70. The molecule has 5 nitrogen and oxygen atoms in total. The average molecular weight is 428 g/mol. The number of hydrogen-bond acceptors (Lipinski definition) is 4. The molecule has 2 aliphatic rings. The first-order chi connectivity index (χ1) is 14.9. The number of rotatable bonds is 7. The van der Waals surface area contributed by atoms with E-state index in [4.69, 9.17) is 4.74 Å². The van der Waals surface area contributed by atoms with E-state index < -0.39 is 18.0 Å². The number of nitrogens with zero attached hydrogens (tertiary/aromatic N) is 1. The zero-order valence-corrected chi connectivity index (χ0v) is 17.9. The molecule has 31 heavy (non-hydrogen) atoms. The van der Waals surface area contributed by atoms with Gasteiger partial charge < -0.3 is 9.84 Å². The Morgan fingerprint density at radius 1 is 1.26 bits per heavy atom. The molecule has 2 atom stereocenters. The second kappa shape index (κ2) is 10.5. The van der Waals surface area contributed by atoms with Crippen molar-refractivity contribution in [1.82, 2.24) is 4.90 Å². The summed E-state index contributed by atoms with van der Waals surface area (Å²) in [6.07, 6.45) is 6.26. The number of aliphatic hydroxyl groups excluding tert-OH is 1. The van der Waals surface area contributed by atoms with Gasteiger partial charge in [-0.1, -0.05) is 48.6 Å². The summed E-state index contributed by atoms with van der Waals surface area (Å²) in [5, 5.41) is 9.88. The van der Waals surface area contributed by atoms with Crippen molar-refractivity contribution in [3.05, 3.63) is 72.1 Å². The maximum Gasteiger partial charge on any atom is 0.417 e. The maximum absolute atomic E-state index is 13.6. The van der Waals surface area contributed by atoms with Crippen LogP contribution in [0.25, 0.3) is 0 Å². The summed E-state index contributed by atoms with van der Waals surface area (Å²) >= 11 is 0. The number of aliphatic hydroxyl groups is 1. The Hall–Kier alpha value is -2.73. The van der Waals surface area contributed by atoms with Crippen LogP contribution in [-0.4, -0.2) is 34.7 Å². The van der Waals surface area contributed by atoms with Crippen LogP contribution in [0.1, 0.15) is 50.6 Å². The summed E-state index contributed by atoms with van der Waals surface area (Å²) in [5.41, 5.74) is 1.72. The molecule has 0 spiro atoms. The van der Waals surface area contributed by atoms with Gasteiger partial charge in [0.1, 0.15) is 18.5 Å². The van der Waals surface area contributed by atoms with Gasteiger partial charge in [0, 0.05) is 6.42 Å². The predicted molar refractivity (Wildman–Crippen MR) is 117 cm³/mol. The van der Waals surface area contributed by atoms with Gasteiger partial charge in [-0.2, -0.15) is 0 Å². The molecule has 1 aromatic rings. The highest BCUT2D eigenvalue weighted by Gasteiger charge is 2.40. The quantitative estimate of drug-likeness (QED) is 0.604. The van der Waals surface area contributed by atoms with Gasteiger partial charge in [-0.25, -0.2) is 14.1 Å². The molecule has 2 fully saturated rings. The molecule has 1 saturated heterocycles. The van der Waals surface area contributed by atoms with Gasteiger partial charge in [0.15, 0.2) is 0 Å². The van der Waals surface area contributed by atoms with E-state index in [2.05, 4.69) is 6.58 Å². The number of halogens is 1. The van der Waals surface area contributed by atoms with Gasteiger partial charge in [0.2, 0.25) is 5.91 Å². The molecule has 0 bridgehead atoms. The number of carbonyl (C=O) groups is 2. The molecule has 1 aliphatic heterocycles. The Morgan fingerprint density at radius 3 is 2.58 bits per heavy atom. The number of imide groups is 1. The van der Waals surface area contributed by atoms with Crippen molar-refractivity contribution in [2.75, 3.05) is 6.61 Å². The van der Waals surface area contributed by atoms with Gasteiger partial charge in [-0.15, -0.1) is 0 Å². The molecule has 1 aliphatic carbocycles. The van der Waals surface area contributed by atoms with Crippen LogP contribution in [-0.2, 0) is 9.53 Å². The molecule has 3 rings (SSSR count). The average Bonchev–Trinajstić information content (AvgIpc) is 3.18. The van der Waals surface area contributed by atoms with Crippen molar-refractivity contribution >= 4 is 12.0 Å². The Labute approximate surface area is 182 Å². The molecule has 6 heteroatoms. The normalized spacial score (nSPS) is 25.8. The van der Waals surface area contributed by atoms with Crippen LogP contribution in [0.5, 0.6) is 0 Å². The Kier molecular flexibility index (Phi) is 7.80. The number of ether oxygens (including phenoxy) is 1. The lowest BCUT2D eigenvalue weighted by Gasteiger charge is -2.33. The fourth-order valence-electron chi connectivity index (χ4n) is 4.51. The van der Waals surface area contributed by atoms with E-state index in [-0.39, 0.29) is 36.9 Å². The molecular weight excluding hydrogens is 397 g/mol. The van der Waals surface area contributed by atoms with E-state index in [1.165, 1.54) is 11.0 Å². The summed E-state index contributed by atoms with van der Waals surface area (Å²) < 4.78 is 18.8. The molecule has 1 aromatic carbocycles. The summed E-state index contributed by atoms with van der Waals surface area (Å²) in [6, 6.07) is 8.92. The lowest BCUT2D eigenvalue weighted by atomic mass is 9.74. The minimum absolute atomic E-state index is 0.130. The van der Waals surface area contributed by atoms with Gasteiger partial charge in [0.05, 0.1) is 6.10 Å². The zero-order valence-electron chi connectivity index (χ0n) is 17.9. The fraction of sp³-hybridized carbons (Fsp3) is 0.440. The molecule has 1 saturated carbocycles. The first kappa shape index (κ1) is 22.9. The smallest absolute Gasteiger partial charge is 0.417 e. The predicted octanol–water partition coefficient (Wildman–Crippen LogP) is 5.25. The summed E-state index contributed by atoms with van der Waals surface area (Å²) in [6.45, 7) is 5.43. The molecule has 1 heterocycles. The zero-order chi connectivity index (χ0) is 22.4. The fourth-order valence-corrected chi connectivity index (χ4v) is 4.51. The standard InChI is InChI=1S/C25H30FNO4/c1-3-20(26)12-9-17(2)22(18-10-13-21(28)14-11-18)15-24(29)27-23(16-31-25(27)30)19-7-5-4-6-8-19/h3-9,12,18,21-23,28H,1,10-11,13-16H2,2H3/b17-9+,20-12+/t18?,21?,22-,23+/m0/s1. The Balaban J connectivity index is 1.82. The van der Waals surface area contributed by atoms with E-state index >= 15 is 0 Å². The highest BCUT2D eigenvalue weighted by atomic mass is 19.1. The second-order valence-electron chi connectivity index (χ2n) is 8.31. The lowest BCUT2D eigenvalue weighted by Crippen LogP contribution is -2.37. The summed E-state index contributed by atoms with van der Waals surface area (Å²) in [5.74, 6) is -0.722. The number of benzene rings is 1. The van der Waals surface area contributed by atoms with Crippen LogP contribution in [0, 0.1) is 11.8 Å². The first-order valence-electron chi connectivity index (χ1n) is 10.8. The van der Waals surface area contributed by atoms with Gasteiger partial charge >= 0.3 is 6.09 Å². The topological polar surface area (TPSA) is 66.8 Å². The van der Waals surface area contributed by atoms with Crippen LogP contribution >= 0.6 is 0 Å². The molecule has 0 radical (unpaired) electrons. The molecule has 166 valence electrons. The largest absolute Gasteiger partial charge is 0.446 e. The van der Waals surface area contributed by atoms with E-state index in [1.54, 1.807) is 6.08 Å². The maximum atomic E-state index is 13.6. The molecule has 1 N–H and O–H groups in total. The third-order valence-corrected chi connectivity index (χ3v) is 6.32. The van der Waals surface area contributed by atoms with Crippen LogP contribution in [0.2, 0.25) is 0 Å². The molecule has 0 aromatic heterocycles. The molecule has 2 amide bonds. The van der Waals surface area contributed by atoms with E-state index in [0.717, 1.165) is 30.1 Å². The lowest BCUT2D eigenvalue weighted by molar-refractivity contribution is -0.130. The Morgan fingerprint density at radius 2 is 1.94 bits per heavy atom. The van der Waals surface area contributed by atoms with E-state index in [0.29, 0.717) is 12.8 Å². The molecule has 0 unspecified atom stereocenters. The minimum Gasteiger partial charge on any atom is -0.446 e. The van der Waals surface area contributed by atoms with Gasteiger partial charge in [-0.3, -0.25) is 4.79 Å². The van der Waals surface area contributed by atoms with Crippen LogP contribution in [0.15, 0.2) is 66.5 Å². The van der Waals surface area contributed by atoms with Crippen molar-refractivity contribution in [2.45, 2.75) is 51.2 Å². The van der Waals surface area contributed by atoms with E-state index in [9.17, 15) is 19.1 Å². The van der Waals surface area contributed by atoms with Crippen LogP contribution < -0.4 is 0 Å². The van der Waals surface area contributed by atoms with Crippen molar-refractivity contribution in [2.24, 2.45) is 11.8 Å². The SMILES string of the molecule is C=C/C(F)=C\C=C(/C)[C@H](CC(=O)N1C(=O)OC[C@@H]1c1ccccc1)C1CCC(O)CC1. The van der Waals surface area contributed by atoms with Gasteiger partial charge in [-0.05, 0) is 62.2 Å². The van der Waals surface area contributed by atoms with Crippen LogP contribution in [0.3, 0.4) is 0 Å². The van der Waals surface area contributed by atoms with Crippen molar-refractivity contribution < 1.29 is 23.8 Å². The number of carbonyl (C=O) groups excluding carboxylic acids is 2. The second-order valence-corrected chi connectivity index (χ2v) is 8.31. The number of allylic oxidation sites excluding steroid dienone is 5. The summed E-state index contributed by atoms with van der Waals surface area (Å²) in [7, 11) is 0. The number of hydrogen-bond donors (Lipinski definition) is 1. The molecular formula is C25H30FNO4. The van der Waals surface area contributed by atoms with Crippen molar-refractivity contribution in [1.29, 1.82) is 0 Å². The number of amides is 2.